The minimum atomic E-state index is -0.669. The second-order valence-electron chi connectivity index (χ2n) is 4.75. The van der Waals surface area contributed by atoms with Crippen LogP contribution < -0.4 is 5.73 Å². The first-order valence-electron chi connectivity index (χ1n) is 6.65. The molecule has 1 amide bonds. The lowest BCUT2D eigenvalue weighted by Crippen LogP contribution is -2.39. The van der Waals surface area contributed by atoms with Gasteiger partial charge in [0.15, 0.2) is 0 Å². The van der Waals surface area contributed by atoms with E-state index in [1.165, 1.54) is 0 Å². The Morgan fingerprint density at radius 1 is 1.63 bits per heavy atom. The molecule has 0 aliphatic carbocycles. The maximum Gasteiger partial charge on any atom is 0.290 e. The minimum absolute atomic E-state index is 0.0641. The summed E-state index contributed by atoms with van der Waals surface area (Å²) in [6.45, 7) is 5.26. The van der Waals surface area contributed by atoms with Crippen molar-refractivity contribution in [1.29, 1.82) is 0 Å². The predicted octanol–water partition coefficient (Wildman–Crippen LogP) is 0.560. The highest BCUT2D eigenvalue weighted by atomic mass is 16.5. The van der Waals surface area contributed by atoms with Gasteiger partial charge in [0.1, 0.15) is 0 Å². The zero-order chi connectivity index (χ0) is 13.7. The lowest BCUT2D eigenvalue weighted by Gasteiger charge is -2.31. The van der Waals surface area contributed by atoms with Crippen LogP contribution >= 0.6 is 0 Å². The number of carbonyl (C=O) groups excluding carboxylic acids is 1. The van der Waals surface area contributed by atoms with Gasteiger partial charge in [-0.15, -0.1) is 0 Å². The van der Waals surface area contributed by atoms with Gasteiger partial charge in [-0.1, -0.05) is 12.1 Å². The van der Waals surface area contributed by atoms with E-state index in [1.807, 2.05) is 0 Å². The molecule has 1 atom stereocenters. The molecule has 0 aromatic carbocycles. The number of hydrogen-bond acceptors (Lipinski definition) is 6. The third kappa shape index (κ3) is 4.00. The van der Waals surface area contributed by atoms with Gasteiger partial charge in [0.05, 0.1) is 12.6 Å². The van der Waals surface area contributed by atoms with Crippen molar-refractivity contribution in [2.24, 2.45) is 5.73 Å². The van der Waals surface area contributed by atoms with Crippen molar-refractivity contribution in [1.82, 2.24) is 15.0 Å². The number of primary amides is 1. The Morgan fingerprint density at radius 3 is 3.16 bits per heavy atom. The second kappa shape index (κ2) is 6.63. The van der Waals surface area contributed by atoms with Gasteiger partial charge in [-0.25, -0.2) is 0 Å². The zero-order valence-electron chi connectivity index (χ0n) is 11.2. The first-order chi connectivity index (χ1) is 9.19. The van der Waals surface area contributed by atoms with E-state index in [-0.39, 0.29) is 11.9 Å². The fourth-order valence-corrected chi connectivity index (χ4v) is 2.19. The number of aromatic nitrogens is 2. The van der Waals surface area contributed by atoms with Crippen LogP contribution in [-0.2, 0) is 11.3 Å². The third-order valence-corrected chi connectivity index (χ3v) is 3.07. The summed E-state index contributed by atoms with van der Waals surface area (Å²) in [5, 5.41) is 3.53. The maximum atomic E-state index is 10.9. The smallest absolute Gasteiger partial charge is 0.290 e. The summed E-state index contributed by atoms with van der Waals surface area (Å²) in [5.74, 6) is -0.312. The highest BCUT2D eigenvalue weighted by Gasteiger charge is 2.22. The van der Waals surface area contributed by atoms with Crippen molar-refractivity contribution in [3.63, 3.8) is 0 Å². The van der Waals surface area contributed by atoms with Crippen molar-refractivity contribution >= 4 is 5.91 Å². The summed E-state index contributed by atoms with van der Waals surface area (Å²) in [4.78, 5) is 17.0. The molecule has 7 nitrogen and oxygen atoms in total. The average Bonchev–Trinajstić information content (AvgIpc) is 2.85. The Balaban J connectivity index is 1.85. The number of ether oxygens (including phenoxy) is 1. The predicted molar refractivity (Wildman–Crippen MR) is 67.4 cm³/mol. The van der Waals surface area contributed by atoms with Crippen LogP contribution in [0.5, 0.6) is 0 Å². The van der Waals surface area contributed by atoms with Gasteiger partial charge < -0.3 is 15.0 Å². The zero-order valence-corrected chi connectivity index (χ0v) is 11.2. The number of piperidine rings is 1. The van der Waals surface area contributed by atoms with Crippen molar-refractivity contribution in [3.8, 4) is 0 Å². The minimum Gasteiger partial charge on any atom is -0.377 e. The molecule has 0 radical (unpaired) electrons. The molecule has 1 unspecified atom stereocenters. The third-order valence-electron chi connectivity index (χ3n) is 3.07. The summed E-state index contributed by atoms with van der Waals surface area (Å²) in [7, 11) is 0. The maximum absolute atomic E-state index is 10.9. The van der Waals surface area contributed by atoms with Gasteiger partial charge in [0.2, 0.25) is 5.89 Å². The molecule has 2 N–H and O–H groups in total. The number of likely N-dealkylation sites (tertiary alicyclic amines) is 1. The summed E-state index contributed by atoms with van der Waals surface area (Å²) in [6, 6.07) is 0. The summed E-state index contributed by atoms with van der Waals surface area (Å²) < 4.78 is 10.8. The van der Waals surface area contributed by atoms with E-state index in [1.54, 1.807) is 0 Å². The fraction of sp³-hybridized carbons (Fsp3) is 0.750. The van der Waals surface area contributed by atoms with Crippen LogP contribution in [0.1, 0.15) is 42.7 Å². The van der Waals surface area contributed by atoms with Crippen LogP contribution in [-0.4, -0.2) is 46.7 Å². The van der Waals surface area contributed by atoms with Gasteiger partial charge in [-0.2, -0.15) is 4.98 Å². The number of nitrogens with two attached hydrogens (primary N) is 1. The van der Waals surface area contributed by atoms with E-state index < -0.39 is 5.91 Å². The molecule has 1 aliphatic heterocycles. The molecular weight excluding hydrogens is 248 g/mol. The van der Waals surface area contributed by atoms with E-state index in [2.05, 4.69) is 22.0 Å². The first-order valence-corrected chi connectivity index (χ1v) is 6.65. The van der Waals surface area contributed by atoms with E-state index >= 15 is 0 Å². The second-order valence-corrected chi connectivity index (χ2v) is 4.75. The van der Waals surface area contributed by atoms with E-state index in [0.717, 1.165) is 39.0 Å². The van der Waals surface area contributed by atoms with Gasteiger partial charge >= 0.3 is 0 Å². The normalized spacial score (nSPS) is 20.6. The molecule has 0 bridgehead atoms. The molecule has 7 heteroatoms. The first kappa shape index (κ1) is 14.0. The topological polar surface area (TPSA) is 94.5 Å². The quantitative estimate of drug-likeness (QED) is 0.810. The number of rotatable bonds is 6. The molecule has 1 fully saturated rings. The fourth-order valence-electron chi connectivity index (χ4n) is 2.19. The number of amides is 1. The molecule has 0 spiro atoms. The lowest BCUT2D eigenvalue weighted by atomic mass is 10.1. The molecule has 2 rings (SSSR count). The molecule has 1 saturated heterocycles. The molecule has 19 heavy (non-hydrogen) atoms. The Hall–Kier alpha value is -1.47. The van der Waals surface area contributed by atoms with E-state index in [4.69, 9.17) is 15.0 Å². The number of nitrogens with zero attached hydrogens (tertiary/aromatic N) is 3. The van der Waals surface area contributed by atoms with Gasteiger partial charge in [-0.05, 0) is 25.8 Å². The van der Waals surface area contributed by atoms with Crippen LogP contribution in [0.2, 0.25) is 0 Å². The van der Waals surface area contributed by atoms with Gasteiger partial charge in [0.25, 0.3) is 11.7 Å². The van der Waals surface area contributed by atoms with E-state index in [0.29, 0.717) is 12.4 Å². The van der Waals surface area contributed by atoms with Gasteiger partial charge in [-0.3, -0.25) is 9.69 Å². The van der Waals surface area contributed by atoms with E-state index in [9.17, 15) is 4.79 Å². The summed E-state index contributed by atoms with van der Waals surface area (Å²) in [6.07, 6.45) is 3.48. The molecule has 2 heterocycles. The van der Waals surface area contributed by atoms with Crippen LogP contribution in [0, 0.1) is 0 Å². The molecule has 0 saturated carbocycles. The Labute approximate surface area is 112 Å². The molecular formula is C12H20N4O3. The van der Waals surface area contributed by atoms with Crippen molar-refractivity contribution in [2.45, 2.75) is 38.8 Å². The highest BCUT2D eigenvalue weighted by Crippen LogP contribution is 2.15. The largest absolute Gasteiger partial charge is 0.377 e. The monoisotopic (exact) mass is 268 g/mol. The van der Waals surface area contributed by atoms with Crippen LogP contribution in [0.3, 0.4) is 0 Å². The molecule has 1 aromatic heterocycles. The molecule has 1 aliphatic rings. The average molecular weight is 268 g/mol. The molecule has 1 aromatic rings. The number of carbonyl (C=O) groups is 1. The summed E-state index contributed by atoms with van der Waals surface area (Å²) in [5.41, 5.74) is 5.08. The lowest BCUT2D eigenvalue weighted by molar-refractivity contribution is -0.00455. The SMILES string of the molecule is CCCOC1CCCN(Cc2nc(C(N)=O)no2)C1. The van der Waals surface area contributed by atoms with Crippen molar-refractivity contribution in [2.75, 3.05) is 19.7 Å². The van der Waals surface area contributed by atoms with Crippen LogP contribution in [0.15, 0.2) is 4.52 Å². The standard InChI is InChI=1S/C12H20N4O3/c1-2-6-18-9-4-3-5-16(7-9)8-10-14-12(11(13)17)15-19-10/h9H,2-8H2,1H3,(H2,13,17). The number of hydrogen-bond donors (Lipinski definition) is 1. The van der Waals surface area contributed by atoms with Crippen LogP contribution in [0.4, 0.5) is 0 Å². The van der Waals surface area contributed by atoms with Crippen LogP contribution in [0.25, 0.3) is 0 Å². The Bertz CT molecular complexity index is 421. The molecule has 106 valence electrons. The van der Waals surface area contributed by atoms with Crippen molar-refractivity contribution in [3.05, 3.63) is 11.7 Å². The van der Waals surface area contributed by atoms with Crippen molar-refractivity contribution < 1.29 is 14.1 Å². The Kier molecular flexibility index (Phi) is 4.86. The van der Waals surface area contributed by atoms with Gasteiger partial charge in [0, 0.05) is 13.2 Å². The highest BCUT2D eigenvalue weighted by molar-refractivity contribution is 5.88. The summed E-state index contributed by atoms with van der Waals surface area (Å²) >= 11 is 0. The Morgan fingerprint density at radius 2 is 2.47 bits per heavy atom.